The van der Waals surface area contributed by atoms with E-state index in [2.05, 4.69) is 9.47 Å². The molecule has 0 aliphatic heterocycles. The third-order valence-electron chi connectivity index (χ3n) is 1.80. The normalized spacial score (nSPS) is 14.6. The molecule has 0 amide bonds. The highest BCUT2D eigenvalue weighted by molar-refractivity contribution is 5.80. The molecule has 6 nitrogen and oxygen atoms in total. The van der Waals surface area contributed by atoms with Crippen LogP contribution in [0.5, 0.6) is 0 Å². The van der Waals surface area contributed by atoms with Gasteiger partial charge in [0.1, 0.15) is 0 Å². The number of hydrogen-bond donors (Lipinski definition) is 0. The summed E-state index contributed by atoms with van der Waals surface area (Å²) in [5, 5.41) is 0. The molecule has 0 saturated carbocycles. The molecule has 0 heterocycles. The fourth-order valence-electron chi connectivity index (χ4n) is 1.12. The van der Waals surface area contributed by atoms with E-state index in [1.54, 1.807) is 6.92 Å². The SMILES string of the molecule is CCOC(=O)C(C)(OCCOC(C)(F)F)OC(C)=O. The third kappa shape index (κ3) is 7.68. The van der Waals surface area contributed by atoms with Crippen LogP contribution in [0, 0.1) is 0 Å². The molecule has 0 spiro atoms. The largest absolute Gasteiger partial charge is 0.461 e. The van der Waals surface area contributed by atoms with Crippen LogP contribution in [0.2, 0.25) is 0 Å². The van der Waals surface area contributed by atoms with Crippen LogP contribution in [0.3, 0.4) is 0 Å². The molecule has 0 aliphatic carbocycles. The zero-order valence-corrected chi connectivity index (χ0v) is 11.3. The van der Waals surface area contributed by atoms with Gasteiger partial charge < -0.3 is 18.9 Å². The summed E-state index contributed by atoms with van der Waals surface area (Å²) in [6.07, 6.45) is -3.30. The van der Waals surface area contributed by atoms with E-state index in [9.17, 15) is 18.4 Å². The minimum Gasteiger partial charge on any atom is -0.461 e. The van der Waals surface area contributed by atoms with Crippen molar-refractivity contribution in [1.29, 1.82) is 0 Å². The number of hydrogen-bond acceptors (Lipinski definition) is 6. The van der Waals surface area contributed by atoms with Crippen molar-refractivity contribution in [3.63, 3.8) is 0 Å². The predicted molar refractivity (Wildman–Crippen MR) is 59.3 cm³/mol. The van der Waals surface area contributed by atoms with Gasteiger partial charge in [0.25, 0.3) is 0 Å². The summed E-state index contributed by atoms with van der Waals surface area (Å²) in [7, 11) is 0. The van der Waals surface area contributed by atoms with Crippen molar-refractivity contribution in [1.82, 2.24) is 0 Å². The lowest BCUT2D eigenvalue weighted by Gasteiger charge is -2.26. The smallest absolute Gasteiger partial charge is 0.379 e. The molecule has 8 heteroatoms. The van der Waals surface area contributed by atoms with E-state index in [0.29, 0.717) is 6.92 Å². The lowest BCUT2D eigenvalue weighted by molar-refractivity contribution is -0.258. The highest BCUT2D eigenvalue weighted by Gasteiger charge is 2.40. The third-order valence-corrected chi connectivity index (χ3v) is 1.80. The summed E-state index contributed by atoms with van der Waals surface area (Å²) >= 11 is 0. The number of esters is 2. The van der Waals surface area contributed by atoms with Crippen LogP contribution in [0.15, 0.2) is 0 Å². The van der Waals surface area contributed by atoms with Gasteiger partial charge >= 0.3 is 23.8 Å². The average molecular weight is 284 g/mol. The lowest BCUT2D eigenvalue weighted by Crippen LogP contribution is -2.45. The van der Waals surface area contributed by atoms with E-state index in [-0.39, 0.29) is 13.2 Å². The number of carbonyl (C=O) groups is 2. The van der Waals surface area contributed by atoms with Crippen molar-refractivity contribution in [3.05, 3.63) is 0 Å². The predicted octanol–water partition coefficient (Wildman–Crippen LogP) is 1.47. The Kier molecular flexibility index (Phi) is 6.85. The van der Waals surface area contributed by atoms with Crippen molar-refractivity contribution in [3.8, 4) is 0 Å². The molecule has 0 aromatic carbocycles. The quantitative estimate of drug-likeness (QED) is 0.382. The topological polar surface area (TPSA) is 71.1 Å². The molecule has 19 heavy (non-hydrogen) atoms. The first-order chi connectivity index (χ1) is 8.60. The molecule has 0 bridgehead atoms. The van der Waals surface area contributed by atoms with Gasteiger partial charge in [-0.15, -0.1) is 0 Å². The highest BCUT2D eigenvalue weighted by Crippen LogP contribution is 2.17. The first-order valence-corrected chi connectivity index (χ1v) is 5.63. The second kappa shape index (κ2) is 7.34. The summed E-state index contributed by atoms with van der Waals surface area (Å²) in [5.74, 6) is -3.67. The van der Waals surface area contributed by atoms with E-state index in [4.69, 9.17) is 9.47 Å². The summed E-state index contributed by atoms with van der Waals surface area (Å²) in [4.78, 5) is 22.5. The average Bonchev–Trinajstić information content (AvgIpc) is 2.22. The van der Waals surface area contributed by atoms with Gasteiger partial charge in [-0.05, 0) is 6.92 Å². The van der Waals surface area contributed by atoms with Crippen molar-refractivity contribution >= 4 is 11.9 Å². The zero-order chi connectivity index (χ0) is 15.1. The minimum atomic E-state index is -3.30. The maximum atomic E-state index is 12.4. The Balaban J connectivity index is 4.43. The summed E-state index contributed by atoms with van der Waals surface area (Å²) in [6.45, 7) is 3.60. The van der Waals surface area contributed by atoms with Gasteiger partial charge in [-0.3, -0.25) is 4.79 Å². The van der Waals surface area contributed by atoms with Crippen molar-refractivity contribution in [2.75, 3.05) is 19.8 Å². The van der Waals surface area contributed by atoms with Crippen molar-refractivity contribution in [2.45, 2.75) is 39.6 Å². The van der Waals surface area contributed by atoms with Gasteiger partial charge in [-0.1, -0.05) is 0 Å². The van der Waals surface area contributed by atoms with Crippen LogP contribution in [0.4, 0.5) is 8.78 Å². The molecule has 1 unspecified atom stereocenters. The Morgan fingerprint density at radius 3 is 2.05 bits per heavy atom. The Labute approximate surface area is 109 Å². The van der Waals surface area contributed by atoms with E-state index in [1.807, 2.05) is 0 Å². The standard InChI is InChI=1S/C11H18F2O6/c1-5-16-9(15)10(3,19-8(2)14)17-6-7-18-11(4,12)13/h5-7H2,1-4H3. The summed E-state index contributed by atoms with van der Waals surface area (Å²) < 4.78 is 43.2. The molecular formula is C11H18F2O6. The van der Waals surface area contributed by atoms with Gasteiger partial charge in [-0.2, -0.15) is 8.78 Å². The molecule has 112 valence electrons. The number of rotatable bonds is 8. The number of carbonyl (C=O) groups excluding carboxylic acids is 2. The number of halogens is 2. The van der Waals surface area contributed by atoms with Crippen LogP contribution in [-0.2, 0) is 28.5 Å². The lowest BCUT2D eigenvalue weighted by atomic mass is 10.3. The van der Waals surface area contributed by atoms with Crippen LogP contribution in [-0.4, -0.2) is 43.7 Å². The van der Waals surface area contributed by atoms with E-state index < -0.39 is 30.4 Å². The van der Waals surface area contributed by atoms with Crippen LogP contribution in [0.25, 0.3) is 0 Å². The fraction of sp³-hybridized carbons (Fsp3) is 0.818. The van der Waals surface area contributed by atoms with E-state index in [0.717, 1.165) is 13.8 Å². The second-order valence-corrected chi connectivity index (χ2v) is 3.76. The number of ether oxygens (including phenoxy) is 4. The zero-order valence-electron chi connectivity index (χ0n) is 11.3. The van der Waals surface area contributed by atoms with Crippen molar-refractivity contribution in [2.24, 2.45) is 0 Å². The van der Waals surface area contributed by atoms with Gasteiger partial charge in [0.2, 0.25) is 0 Å². The second-order valence-electron chi connectivity index (χ2n) is 3.76. The van der Waals surface area contributed by atoms with Gasteiger partial charge in [0.15, 0.2) is 0 Å². The molecule has 0 rings (SSSR count). The maximum Gasteiger partial charge on any atom is 0.379 e. The van der Waals surface area contributed by atoms with Crippen LogP contribution >= 0.6 is 0 Å². The number of alkyl halides is 2. The van der Waals surface area contributed by atoms with Gasteiger partial charge in [0.05, 0.1) is 19.8 Å². The fourth-order valence-corrected chi connectivity index (χ4v) is 1.12. The molecule has 0 N–H and O–H groups in total. The first-order valence-electron chi connectivity index (χ1n) is 5.63. The molecule has 0 aromatic rings. The van der Waals surface area contributed by atoms with Gasteiger partial charge in [0, 0.05) is 20.8 Å². The molecule has 0 aliphatic rings. The Morgan fingerprint density at radius 1 is 1.11 bits per heavy atom. The Bertz CT molecular complexity index is 315. The monoisotopic (exact) mass is 284 g/mol. The Hall–Kier alpha value is -1.28. The van der Waals surface area contributed by atoms with Crippen LogP contribution < -0.4 is 0 Å². The van der Waals surface area contributed by atoms with Gasteiger partial charge in [-0.25, -0.2) is 4.79 Å². The molecule has 0 saturated heterocycles. The Morgan fingerprint density at radius 2 is 1.63 bits per heavy atom. The van der Waals surface area contributed by atoms with E-state index >= 15 is 0 Å². The molecular weight excluding hydrogens is 266 g/mol. The molecule has 0 fully saturated rings. The molecule has 0 aromatic heterocycles. The van der Waals surface area contributed by atoms with E-state index in [1.165, 1.54) is 0 Å². The van der Waals surface area contributed by atoms with Crippen LogP contribution in [0.1, 0.15) is 27.7 Å². The molecule has 1 atom stereocenters. The first kappa shape index (κ1) is 17.7. The highest BCUT2D eigenvalue weighted by atomic mass is 19.3. The molecule has 0 radical (unpaired) electrons. The minimum absolute atomic E-state index is 0.0581. The summed E-state index contributed by atoms with van der Waals surface area (Å²) in [5.41, 5.74) is 0. The maximum absolute atomic E-state index is 12.4. The van der Waals surface area contributed by atoms with Crippen molar-refractivity contribution < 1.29 is 37.3 Å². The summed E-state index contributed by atoms with van der Waals surface area (Å²) in [6, 6.07) is 0.